The Hall–Kier alpha value is -1.55. The zero-order valence-corrected chi connectivity index (χ0v) is 15.1. The lowest BCUT2D eigenvalue weighted by Crippen LogP contribution is -2.16. The second-order valence-electron chi connectivity index (χ2n) is 6.80. The quantitative estimate of drug-likeness (QED) is 0.587. The Kier molecular flexibility index (Phi) is 7.56. The average molecular weight is 322 g/mol. The SMILES string of the molecule is CCOc1c(C)cc(CC(=O)OCCCCO)cc1C(C)(C)C. The van der Waals surface area contributed by atoms with Crippen molar-refractivity contribution >= 4 is 5.97 Å². The van der Waals surface area contributed by atoms with Gasteiger partial charge in [0.05, 0.1) is 19.6 Å². The van der Waals surface area contributed by atoms with Gasteiger partial charge in [-0.25, -0.2) is 0 Å². The standard InChI is InChI=1S/C19H30O4/c1-6-22-18-14(2)11-15(12-16(18)19(3,4)5)13-17(21)23-10-8-7-9-20/h11-12,20H,6-10,13H2,1-5H3. The molecule has 0 saturated carbocycles. The Labute approximate surface area is 139 Å². The van der Waals surface area contributed by atoms with Crippen LogP contribution in [-0.2, 0) is 21.4 Å². The molecule has 23 heavy (non-hydrogen) atoms. The smallest absolute Gasteiger partial charge is 0.310 e. The van der Waals surface area contributed by atoms with E-state index >= 15 is 0 Å². The number of aliphatic hydroxyl groups is 1. The van der Waals surface area contributed by atoms with Crippen molar-refractivity contribution in [2.75, 3.05) is 19.8 Å². The lowest BCUT2D eigenvalue weighted by molar-refractivity contribution is -0.143. The summed E-state index contributed by atoms with van der Waals surface area (Å²) in [4.78, 5) is 11.9. The summed E-state index contributed by atoms with van der Waals surface area (Å²) in [6, 6.07) is 4.04. The number of hydrogen-bond donors (Lipinski definition) is 1. The van der Waals surface area contributed by atoms with E-state index in [1.54, 1.807) is 0 Å². The highest BCUT2D eigenvalue weighted by Gasteiger charge is 2.22. The van der Waals surface area contributed by atoms with Crippen LogP contribution in [0.4, 0.5) is 0 Å². The highest BCUT2D eigenvalue weighted by Crippen LogP contribution is 2.35. The summed E-state index contributed by atoms with van der Waals surface area (Å²) in [6.07, 6.45) is 1.61. The van der Waals surface area contributed by atoms with Gasteiger partial charge in [-0.1, -0.05) is 32.9 Å². The van der Waals surface area contributed by atoms with Crippen molar-refractivity contribution in [2.24, 2.45) is 0 Å². The number of aliphatic hydroxyl groups excluding tert-OH is 1. The molecule has 130 valence electrons. The normalized spacial score (nSPS) is 11.4. The van der Waals surface area contributed by atoms with Crippen molar-refractivity contribution < 1.29 is 19.4 Å². The maximum atomic E-state index is 11.9. The van der Waals surface area contributed by atoms with Crippen molar-refractivity contribution in [3.8, 4) is 5.75 Å². The molecule has 0 amide bonds. The van der Waals surface area contributed by atoms with Crippen LogP contribution in [0.3, 0.4) is 0 Å². The lowest BCUT2D eigenvalue weighted by atomic mass is 9.83. The summed E-state index contributed by atoms with van der Waals surface area (Å²) in [7, 11) is 0. The molecule has 1 aromatic carbocycles. The molecule has 0 aliphatic heterocycles. The number of carbonyl (C=O) groups excluding carboxylic acids is 1. The molecule has 4 nitrogen and oxygen atoms in total. The van der Waals surface area contributed by atoms with Crippen LogP contribution in [0.1, 0.15) is 57.2 Å². The lowest BCUT2D eigenvalue weighted by Gasteiger charge is -2.25. The number of aryl methyl sites for hydroxylation is 1. The maximum absolute atomic E-state index is 11.9. The van der Waals surface area contributed by atoms with Gasteiger partial charge in [-0.15, -0.1) is 0 Å². The van der Waals surface area contributed by atoms with E-state index in [1.165, 1.54) is 0 Å². The van der Waals surface area contributed by atoms with Gasteiger partial charge >= 0.3 is 5.97 Å². The predicted octanol–water partition coefficient (Wildman–Crippen LogP) is 3.55. The summed E-state index contributed by atoms with van der Waals surface area (Å²) in [5.41, 5.74) is 3.05. The summed E-state index contributed by atoms with van der Waals surface area (Å²) < 4.78 is 11.0. The number of benzene rings is 1. The van der Waals surface area contributed by atoms with Crippen molar-refractivity contribution in [3.63, 3.8) is 0 Å². The van der Waals surface area contributed by atoms with Crippen LogP contribution in [0.15, 0.2) is 12.1 Å². The van der Waals surface area contributed by atoms with E-state index in [0.717, 1.165) is 22.4 Å². The van der Waals surface area contributed by atoms with Gasteiger partial charge in [0.25, 0.3) is 0 Å². The van der Waals surface area contributed by atoms with Gasteiger partial charge in [-0.05, 0) is 43.2 Å². The third kappa shape index (κ3) is 6.22. The summed E-state index contributed by atoms with van der Waals surface area (Å²) in [5.74, 6) is 0.687. The first-order valence-corrected chi connectivity index (χ1v) is 8.32. The molecular weight excluding hydrogens is 292 g/mol. The molecule has 0 aromatic heterocycles. The molecule has 0 fully saturated rings. The zero-order valence-electron chi connectivity index (χ0n) is 15.1. The number of rotatable bonds is 8. The zero-order chi connectivity index (χ0) is 17.5. The monoisotopic (exact) mass is 322 g/mol. The number of carbonyl (C=O) groups is 1. The van der Waals surface area contributed by atoms with Crippen molar-refractivity contribution in [1.29, 1.82) is 0 Å². The molecular formula is C19H30O4. The topological polar surface area (TPSA) is 55.8 Å². The molecule has 0 saturated heterocycles. The molecule has 0 unspecified atom stereocenters. The van der Waals surface area contributed by atoms with Crippen LogP contribution in [0.25, 0.3) is 0 Å². The molecule has 1 aromatic rings. The number of esters is 1. The van der Waals surface area contributed by atoms with Gasteiger partial charge < -0.3 is 14.6 Å². The van der Waals surface area contributed by atoms with Crippen LogP contribution in [0.5, 0.6) is 5.75 Å². The van der Waals surface area contributed by atoms with E-state index in [0.29, 0.717) is 26.1 Å². The first kappa shape index (κ1) is 19.5. The fourth-order valence-corrected chi connectivity index (χ4v) is 2.46. The molecule has 1 N–H and O–H groups in total. The summed E-state index contributed by atoms with van der Waals surface area (Å²) >= 11 is 0. The third-order valence-corrected chi connectivity index (χ3v) is 3.60. The molecule has 4 heteroatoms. The highest BCUT2D eigenvalue weighted by atomic mass is 16.5. The first-order chi connectivity index (χ1) is 10.8. The molecule has 0 atom stereocenters. The molecule has 0 heterocycles. The van der Waals surface area contributed by atoms with Crippen molar-refractivity contribution in [2.45, 2.75) is 59.3 Å². The number of hydrogen-bond acceptors (Lipinski definition) is 4. The predicted molar refractivity (Wildman–Crippen MR) is 92.0 cm³/mol. The number of ether oxygens (including phenoxy) is 2. The molecule has 0 aliphatic carbocycles. The highest BCUT2D eigenvalue weighted by molar-refractivity contribution is 5.73. The molecule has 1 rings (SSSR count). The van der Waals surface area contributed by atoms with Gasteiger partial charge in [0.15, 0.2) is 0 Å². The van der Waals surface area contributed by atoms with Crippen LogP contribution < -0.4 is 4.74 Å². The van der Waals surface area contributed by atoms with E-state index in [2.05, 4.69) is 20.8 Å². The molecule has 0 spiro atoms. The van der Waals surface area contributed by atoms with Gasteiger partial charge in [0.2, 0.25) is 0 Å². The average Bonchev–Trinajstić information content (AvgIpc) is 2.45. The van der Waals surface area contributed by atoms with E-state index in [1.807, 2.05) is 26.0 Å². The van der Waals surface area contributed by atoms with Crippen LogP contribution in [0, 0.1) is 6.92 Å². The van der Waals surface area contributed by atoms with Crippen LogP contribution in [0.2, 0.25) is 0 Å². The Morgan fingerprint density at radius 1 is 1.22 bits per heavy atom. The molecule has 0 radical (unpaired) electrons. The van der Waals surface area contributed by atoms with Crippen molar-refractivity contribution in [3.05, 3.63) is 28.8 Å². The molecule has 0 aliphatic rings. The second-order valence-corrected chi connectivity index (χ2v) is 6.80. The fraction of sp³-hybridized carbons (Fsp3) is 0.632. The minimum atomic E-state index is -0.230. The van der Waals surface area contributed by atoms with Crippen LogP contribution in [-0.4, -0.2) is 30.9 Å². The third-order valence-electron chi connectivity index (χ3n) is 3.60. The van der Waals surface area contributed by atoms with Gasteiger partial charge in [-0.3, -0.25) is 4.79 Å². The Morgan fingerprint density at radius 2 is 1.91 bits per heavy atom. The van der Waals surface area contributed by atoms with Crippen molar-refractivity contribution in [1.82, 2.24) is 0 Å². The van der Waals surface area contributed by atoms with E-state index in [-0.39, 0.29) is 24.4 Å². The Balaban J connectivity index is 2.88. The Morgan fingerprint density at radius 3 is 2.48 bits per heavy atom. The largest absolute Gasteiger partial charge is 0.493 e. The molecule has 0 bridgehead atoms. The van der Waals surface area contributed by atoms with Gasteiger partial charge in [0, 0.05) is 12.2 Å². The van der Waals surface area contributed by atoms with Gasteiger partial charge in [0.1, 0.15) is 5.75 Å². The second kappa shape index (κ2) is 8.92. The van der Waals surface area contributed by atoms with E-state index in [9.17, 15) is 4.79 Å². The summed E-state index contributed by atoms with van der Waals surface area (Å²) in [6.45, 7) is 11.5. The Bertz CT molecular complexity index is 515. The van der Waals surface area contributed by atoms with Gasteiger partial charge in [-0.2, -0.15) is 0 Å². The minimum Gasteiger partial charge on any atom is -0.493 e. The maximum Gasteiger partial charge on any atom is 0.310 e. The van der Waals surface area contributed by atoms with Crippen LogP contribution >= 0.6 is 0 Å². The fourth-order valence-electron chi connectivity index (χ4n) is 2.46. The van der Waals surface area contributed by atoms with E-state index < -0.39 is 0 Å². The minimum absolute atomic E-state index is 0.0592. The number of unbranched alkanes of at least 4 members (excludes halogenated alkanes) is 1. The first-order valence-electron chi connectivity index (χ1n) is 8.32. The summed E-state index contributed by atoms with van der Waals surface area (Å²) in [5, 5.41) is 8.72. The van der Waals surface area contributed by atoms with E-state index in [4.69, 9.17) is 14.6 Å².